The van der Waals surface area contributed by atoms with E-state index in [1.54, 1.807) is 0 Å². The minimum absolute atomic E-state index is 0.128. The molecule has 3 aromatic rings. The Bertz CT molecular complexity index is 791. The number of rotatable bonds is 5. The molecule has 2 aromatic carbocycles. The normalized spacial score (nSPS) is 10.5. The molecule has 116 valence electrons. The van der Waals surface area contributed by atoms with Crippen molar-refractivity contribution in [1.29, 1.82) is 0 Å². The van der Waals surface area contributed by atoms with Gasteiger partial charge in [0.05, 0.1) is 5.75 Å². The van der Waals surface area contributed by atoms with Crippen molar-refractivity contribution in [2.75, 3.05) is 11.1 Å². The van der Waals surface area contributed by atoms with Gasteiger partial charge >= 0.3 is 0 Å². The van der Waals surface area contributed by atoms with Crippen LogP contribution in [-0.4, -0.2) is 21.8 Å². The second-order valence-corrected chi connectivity index (χ2v) is 6.44. The molecule has 0 bridgehead atoms. The molecule has 0 spiro atoms. The Labute approximate surface area is 145 Å². The maximum Gasteiger partial charge on any atom is 0.286 e. The first-order valence-corrected chi connectivity index (χ1v) is 8.56. The van der Waals surface area contributed by atoms with Gasteiger partial charge in [0.1, 0.15) is 0 Å². The van der Waals surface area contributed by atoms with E-state index in [0.29, 0.717) is 11.0 Å². The van der Waals surface area contributed by atoms with Crippen molar-refractivity contribution in [2.24, 2.45) is 0 Å². The lowest BCUT2D eigenvalue weighted by molar-refractivity contribution is -0.113. The highest BCUT2D eigenvalue weighted by molar-refractivity contribution is 9.10. The van der Waals surface area contributed by atoms with Crippen LogP contribution in [0, 0.1) is 0 Å². The van der Waals surface area contributed by atoms with Crippen LogP contribution < -0.4 is 5.32 Å². The summed E-state index contributed by atoms with van der Waals surface area (Å²) >= 11 is 4.55. The van der Waals surface area contributed by atoms with Crippen LogP contribution >= 0.6 is 27.7 Å². The SMILES string of the molecule is O=C(CSc1nc(-c2ccccc2)no1)Nc1ccc(Br)cc1. The summed E-state index contributed by atoms with van der Waals surface area (Å²) in [6.45, 7) is 0. The molecule has 0 atom stereocenters. The molecule has 5 nitrogen and oxygen atoms in total. The van der Waals surface area contributed by atoms with E-state index >= 15 is 0 Å². The summed E-state index contributed by atoms with van der Waals surface area (Å²) in [5.41, 5.74) is 1.62. The third-order valence-electron chi connectivity index (χ3n) is 2.89. The van der Waals surface area contributed by atoms with E-state index in [9.17, 15) is 4.79 Å². The lowest BCUT2D eigenvalue weighted by atomic mass is 10.2. The van der Waals surface area contributed by atoms with E-state index in [4.69, 9.17) is 4.52 Å². The number of carbonyl (C=O) groups excluding carboxylic acids is 1. The zero-order chi connectivity index (χ0) is 16.1. The van der Waals surface area contributed by atoms with Crippen molar-refractivity contribution >= 4 is 39.3 Å². The number of halogens is 1. The van der Waals surface area contributed by atoms with Crippen LogP contribution in [0.5, 0.6) is 0 Å². The average molecular weight is 390 g/mol. The van der Waals surface area contributed by atoms with Crippen LogP contribution in [0.15, 0.2) is 68.8 Å². The number of aromatic nitrogens is 2. The lowest BCUT2D eigenvalue weighted by Gasteiger charge is -2.03. The van der Waals surface area contributed by atoms with Gasteiger partial charge in [-0.05, 0) is 24.3 Å². The zero-order valence-electron chi connectivity index (χ0n) is 11.9. The fourth-order valence-corrected chi connectivity index (χ4v) is 2.66. The molecule has 0 radical (unpaired) electrons. The number of anilines is 1. The third kappa shape index (κ3) is 4.43. The number of benzene rings is 2. The van der Waals surface area contributed by atoms with Gasteiger partial charge in [0.15, 0.2) is 0 Å². The minimum atomic E-state index is -0.128. The monoisotopic (exact) mass is 389 g/mol. The minimum Gasteiger partial charge on any atom is -0.327 e. The molecule has 0 aliphatic rings. The summed E-state index contributed by atoms with van der Waals surface area (Å²) in [5, 5.41) is 7.09. The quantitative estimate of drug-likeness (QED) is 0.661. The second kappa shape index (κ2) is 7.43. The van der Waals surface area contributed by atoms with Crippen molar-refractivity contribution in [1.82, 2.24) is 10.1 Å². The molecule has 0 saturated heterocycles. The number of nitrogens with zero attached hydrogens (tertiary/aromatic N) is 2. The van der Waals surface area contributed by atoms with E-state index in [-0.39, 0.29) is 11.7 Å². The standard InChI is InChI=1S/C16H12BrN3O2S/c17-12-6-8-13(9-7-12)18-14(21)10-23-16-19-15(20-22-16)11-4-2-1-3-5-11/h1-9H,10H2,(H,18,21). The zero-order valence-corrected chi connectivity index (χ0v) is 14.3. The molecular formula is C16H12BrN3O2S. The summed E-state index contributed by atoms with van der Waals surface area (Å²) in [5.74, 6) is 0.588. The second-order valence-electron chi connectivity index (χ2n) is 4.59. The smallest absolute Gasteiger partial charge is 0.286 e. The van der Waals surface area contributed by atoms with E-state index < -0.39 is 0 Å². The Kier molecular flexibility index (Phi) is 5.09. The predicted molar refractivity (Wildman–Crippen MR) is 93.2 cm³/mol. The van der Waals surface area contributed by atoms with Crippen molar-refractivity contribution < 1.29 is 9.32 Å². The maximum absolute atomic E-state index is 11.9. The molecule has 0 unspecified atom stereocenters. The molecule has 23 heavy (non-hydrogen) atoms. The number of carbonyl (C=O) groups is 1. The highest BCUT2D eigenvalue weighted by Crippen LogP contribution is 2.21. The fourth-order valence-electron chi connectivity index (χ4n) is 1.83. The van der Waals surface area contributed by atoms with Crippen LogP contribution in [0.4, 0.5) is 5.69 Å². The van der Waals surface area contributed by atoms with Crippen molar-refractivity contribution in [3.8, 4) is 11.4 Å². The number of hydrogen-bond acceptors (Lipinski definition) is 5. The van der Waals surface area contributed by atoms with Crippen molar-refractivity contribution in [3.63, 3.8) is 0 Å². The molecule has 0 fully saturated rings. The third-order valence-corrected chi connectivity index (χ3v) is 4.24. The van der Waals surface area contributed by atoms with Gasteiger partial charge in [0, 0.05) is 15.7 Å². The summed E-state index contributed by atoms with van der Waals surface area (Å²) in [6.07, 6.45) is 0. The van der Waals surface area contributed by atoms with Crippen LogP contribution in [-0.2, 0) is 4.79 Å². The largest absolute Gasteiger partial charge is 0.327 e. The molecule has 3 rings (SSSR count). The Morgan fingerprint density at radius 2 is 1.87 bits per heavy atom. The lowest BCUT2D eigenvalue weighted by Crippen LogP contribution is -2.13. The summed E-state index contributed by atoms with van der Waals surface area (Å²) in [6, 6.07) is 16.9. The Morgan fingerprint density at radius 3 is 2.61 bits per heavy atom. The fraction of sp³-hybridized carbons (Fsp3) is 0.0625. The molecule has 1 heterocycles. The number of amides is 1. The van der Waals surface area contributed by atoms with Crippen molar-refractivity contribution in [3.05, 3.63) is 59.1 Å². The highest BCUT2D eigenvalue weighted by Gasteiger charge is 2.11. The molecule has 1 aromatic heterocycles. The van der Waals surface area contributed by atoms with Crippen LogP contribution in [0.3, 0.4) is 0 Å². The average Bonchev–Trinajstić information content (AvgIpc) is 3.05. The molecule has 0 aliphatic heterocycles. The van der Waals surface area contributed by atoms with Crippen LogP contribution in [0.2, 0.25) is 0 Å². The number of nitrogens with one attached hydrogen (secondary N) is 1. The van der Waals surface area contributed by atoms with Crippen LogP contribution in [0.1, 0.15) is 0 Å². The summed E-state index contributed by atoms with van der Waals surface area (Å²) in [7, 11) is 0. The van der Waals surface area contributed by atoms with Gasteiger partial charge in [-0.1, -0.05) is 63.2 Å². The maximum atomic E-state index is 11.9. The van der Waals surface area contributed by atoms with Gasteiger partial charge in [-0.15, -0.1) is 0 Å². The summed E-state index contributed by atoms with van der Waals surface area (Å²) in [4.78, 5) is 16.2. The highest BCUT2D eigenvalue weighted by atomic mass is 79.9. The van der Waals surface area contributed by atoms with Gasteiger partial charge in [0.25, 0.3) is 5.22 Å². The number of thioether (sulfide) groups is 1. The molecule has 1 N–H and O–H groups in total. The first-order valence-electron chi connectivity index (χ1n) is 6.78. The van der Waals surface area contributed by atoms with Gasteiger partial charge < -0.3 is 9.84 Å². The molecular weight excluding hydrogens is 378 g/mol. The van der Waals surface area contributed by atoms with E-state index in [2.05, 4.69) is 31.4 Å². The predicted octanol–water partition coefficient (Wildman–Crippen LogP) is 4.23. The molecule has 0 saturated carbocycles. The Morgan fingerprint density at radius 1 is 1.13 bits per heavy atom. The Hall–Kier alpha value is -2.12. The van der Waals surface area contributed by atoms with Gasteiger partial charge in [-0.25, -0.2) is 0 Å². The first kappa shape index (κ1) is 15.8. The van der Waals surface area contributed by atoms with E-state index in [1.165, 1.54) is 11.8 Å². The topological polar surface area (TPSA) is 68.0 Å². The van der Waals surface area contributed by atoms with Gasteiger partial charge in [-0.2, -0.15) is 4.98 Å². The van der Waals surface area contributed by atoms with Gasteiger partial charge in [0.2, 0.25) is 11.7 Å². The molecule has 1 amide bonds. The van der Waals surface area contributed by atoms with Gasteiger partial charge in [-0.3, -0.25) is 4.79 Å². The van der Waals surface area contributed by atoms with Crippen molar-refractivity contribution in [2.45, 2.75) is 5.22 Å². The number of hydrogen-bond donors (Lipinski definition) is 1. The van der Waals surface area contributed by atoms with E-state index in [0.717, 1.165) is 15.7 Å². The summed E-state index contributed by atoms with van der Waals surface area (Å²) < 4.78 is 6.11. The van der Waals surface area contributed by atoms with E-state index in [1.807, 2.05) is 54.6 Å². The first-order chi connectivity index (χ1) is 11.2. The van der Waals surface area contributed by atoms with Crippen LogP contribution in [0.25, 0.3) is 11.4 Å². The Balaban J connectivity index is 1.55. The molecule has 0 aliphatic carbocycles. The molecule has 7 heteroatoms.